The molecule has 0 aliphatic heterocycles. The van der Waals surface area contributed by atoms with E-state index in [0.29, 0.717) is 0 Å². The second kappa shape index (κ2) is 3.73. The summed E-state index contributed by atoms with van der Waals surface area (Å²) in [6, 6.07) is 0. The first-order valence-corrected chi connectivity index (χ1v) is 4.21. The molecule has 0 radical (unpaired) electrons. The minimum atomic E-state index is 0.727. The van der Waals surface area contributed by atoms with Gasteiger partial charge in [-0.1, -0.05) is 11.8 Å². The highest BCUT2D eigenvalue weighted by atomic mass is 16.5. The maximum Gasteiger partial charge on any atom is 0.295 e. The zero-order valence-corrected chi connectivity index (χ0v) is 7.16. The lowest BCUT2D eigenvalue weighted by atomic mass is 10.2. The zero-order valence-electron chi connectivity index (χ0n) is 7.16. The quantitative estimate of drug-likeness (QED) is 0.456. The molecule has 0 spiro atoms. The fourth-order valence-electron chi connectivity index (χ4n) is 1.07. The highest BCUT2D eigenvalue weighted by Gasteiger charge is 2.06. The Hall–Kier alpha value is -1.81. The summed E-state index contributed by atoms with van der Waals surface area (Å²) in [7, 11) is 0. The molecule has 2 aliphatic carbocycles. The Morgan fingerprint density at radius 1 is 1.38 bits per heavy atom. The third-order valence-electron chi connectivity index (χ3n) is 1.67. The molecule has 0 aromatic rings. The summed E-state index contributed by atoms with van der Waals surface area (Å²) in [5.74, 6) is 1.47. The largest absolute Gasteiger partial charge is 0.418 e. The molecule has 0 N–H and O–H groups in total. The lowest BCUT2D eigenvalue weighted by Crippen LogP contribution is -1.90. The van der Waals surface area contributed by atoms with Gasteiger partial charge in [0.05, 0.1) is 18.2 Å². The number of allylic oxidation sites excluding steroid dienone is 7. The van der Waals surface area contributed by atoms with Crippen molar-refractivity contribution >= 4 is 0 Å². The molecule has 0 bridgehead atoms. The van der Waals surface area contributed by atoms with E-state index in [0.717, 1.165) is 17.9 Å². The van der Waals surface area contributed by atoms with Crippen LogP contribution >= 0.6 is 0 Å². The van der Waals surface area contributed by atoms with E-state index in [1.165, 1.54) is 0 Å². The first-order valence-electron chi connectivity index (χ1n) is 4.21. The van der Waals surface area contributed by atoms with Crippen LogP contribution in [-0.4, -0.2) is 0 Å². The van der Waals surface area contributed by atoms with Crippen molar-refractivity contribution in [1.82, 2.24) is 0 Å². The van der Waals surface area contributed by atoms with Crippen LogP contribution in [0.1, 0.15) is 6.42 Å². The summed E-state index contributed by atoms with van der Waals surface area (Å²) in [5, 5.41) is 0. The van der Waals surface area contributed by atoms with E-state index in [9.17, 15) is 0 Å². The van der Waals surface area contributed by atoms with Crippen LogP contribution in [0.3, 0.4) is 0 Å². The van der Waals surface area contributed by atoms with E-state index < -0.39 is 0 Å². The fourth-order valence-corrected chi connectivity index (χ4v) is 1.07. The Kier molecular flexibility index (Phi) is 2.24. The van der Waals surface area contributed by atoms with Gasteiger partial charge in [-0.25, -0.2) is 0 Å². The second-order valence-electron chi connectivity index (χ2n) is 2.68. The molecule has 0 heterocycles. The second-order valence-corrected chi connectivity index (χ2v) is 2.68. The monoisotopic (exact) mass is 169 g/mol. The molecule has 0 amide bonds. The summed E-state index contributed by atoms with van der Waals surface area (Å²) in [6.07, 6.45) is 17.3. The van der Waals surface area contributed by atoms with Crippen LogP contribution in [0.15, 0.2) is 59.8 Å². The van der Waals surface area contributed by atoms with Crippen LogP contribution in [0.2, 0.25) is 0 Å². The van der Waals surface area contributed by atoms with Gasteiger partial charge in [-0.15, -0.1) is 0 Å². The highest BCUT2D eigenvalue weighted by molar-refractivity contribution is 5.27. The van der Waals surface area contributed by atoms with Crippen molar-refractivity contribution in [3.8, 4) is 0 Å². The maximum atomic E-state index is 5.49. The SMILES string of the molecule is C1=CCC=CC=1OC1=CC=CC=[C+]1. The van der Waals surface area contributed by atoms with Crippen molar-refractivity contribution < 1.29 is 4.74 Å². The number of ether oxygens (including phenoxy) is 1. The molecule has 0 aromatic carbocycles. The van der Waals surface area contributed by atoms with Gasteiger partial charge in [-0.05, 0) is 18.6 Å². The van der Waals surface area contributed by atoms with E-state index in [1.54, 1.807) is 0 Å². The number of rotatable bonds is 2. The van der Waals surface area contributed by atoms with Crippen LogP contribution in [-0.2, 0) is 4.74 Å². The van der Waals surface area contributed by atoms with Crippen molar-refractivity contribution in [2.45, 2.75) is 6.42 Å². The first-order chi connectivity index (χ1) is 6.45. The molecule has 1 nitrogen and oxygen atoms in total. The molecule has 0 atom stereocenters. The first kappa shape index (κ1) is 7.82. The Morgan fingerprint density at radius 2 is 2.38 bits per heavy atom. The molecule has 2 rings (SSSR count). The summed E-state index contributed by atoms with van der Waals surface area (Å²) in [6.45, 7) is 0. The molecule has 1 heteroatoms. The lowest BCUT2D eigenvalue weighted by Gasteiger charge is -2.01. The van der Waals surface area contributed by atoms with Gasteiger partial charge in [0.15, 0.2) is 5.76 Å². The smallest absolute Gasteiger partial charge is 0.295 e. The molecule has 62 valence electrons. The van der Waals surface area contributed by atoms with Gasteiger partial charge in [-0.3, -0.25) is 0 Å². The zero-order chi connectivity index (χ0) is 8.93. The minimum Gasteiger partial charge on any atom is -0.418 e. The summed E-state index contributed by atoms with van der Waals surface area (Å²) >= 11 is 0. The van der Waals surface area contributed by atoms with Gasteiger partial charge in [0.25, 0.3) is 5.76 Å². The molecule has 0 aromatic heterocycles. The maximum absolute atomic E-state index is 5.49. The van der Waals surface area contributed by atoms with Gasteiger partial charge in [-0.2, -0.15) is 0 Å². The molecule has 2 aliphatic rings. The van der Waals surface area contributed by atoms with Crippen LogP contribution in [0.5, 0.6) is 0 Å². The average molecular weight is 169 g/mol. The van der Waals surface area contributed by atoms with Crippen molar-refractivity contribution in [2.75, 3.05) is 0 Å². The van der Waals surface area contributed by atoms with Gasteiger partial charge < -0.3 is 4.74 Å². The minimum absolute atomic E-state index is 0.727. The molecule has 0 saturated heterocycles. The van der Waals surface area contributed by atoms with Crippen molar-refractivity contribution in [1.29, 1.82) is 0 Å². The van der Waals surface area contributed by atoms with Crippen LogP contribution < -0.4 is 0 Å². The number of hydrogen-bond donors (Lipinski definition) is 0. The molecule has 0 saturated carbocycles. The van der Waals surface area contributed by atoms with Gasteiger partial charge in [0, 0.05) is 6.08 Å². The Labute approximate surface area is 77.7 Å². The highest BCUT2D eigenvalue weighted by Crippen LogP contribution is 2.12. The predicted molar refractivity (Wildman–Crippen MR) is 51.5 cm³/mol. The summed E-state index contributed by atoms with van der Waals surface area (Å²) in [5.41, 5.74) is 3.03. The van der Waals surface area contributed by atoms with Gasteiger partial charge in [0.1, 0.15) is 6.08 Å². The number of hydrogen-bond acceptors (Lipinski definition) is 1. The standard InChI is InChI=1S/C12H9O/c1-3-7-11(8-4-1)13-12-9-5-2-6-10-12/h1,3-7,9H,2H2/q+1. The topological polar surface area (TPSA) is 9.23 Å². The molecule has 0 fully saturated rings. The Bertz CT molecular complexity index is 372. The van der Waals surface area contributed by atoms with Crippen LogP contribution in [0.25, 0.3) is 0 Å². The third-order valence-corrected chi connectivity index (χ3v) is 1.67. The van der Waals surface area contributed by atoms with E-state index in [4.69, 9.17) is 4.74 Å². The van der Waals surface area contributed by atoms with Gasteiger partial charge in [0.2, 0.25) is 0 Å². The van der Waals surface area contributed by atoms with Crippen molar-refractivity contribution in [2.24, 2.45) is 0 Å². The van der Waals surface area contributed by atoms with Crippen LogP contribution in [0.4, 0.5) is 0 Å². The van der Waals surface area contributed by atoms with Crippen molar-refractivity contribution in [3.05, 3.63) is 65.9 Å². The Balaban J connectivity index is 2.10. The van der Waals surface area contributed by atoms with E-state index in [-0.39, 0.29) is 0 Å². The summed E-state index contributed by atoms with van der Waals surface area (Å²) in [4.78, 5) is 0. The predicted octanol–water partition coefficient (Wildman–Crippen LogP) is 2.81. The average Bonchev–Trinajstić information content (AvgIpc) is 2.21. The fraction of sp³-hybridized carbons (Fsp3) is 0.0833. The molecular formula is C12H9O+. The molecule has 13 heavy (non-hydrogen) atoms. The normalized spacial score (nSPS) is 17.8. The van der Waals surface area contributed by atoms with E-state index in [1.807, 2.05) is 42.5 Å². The van der Waals surface area contributed by atoms with Crippen molar-refractivity contribution in [3.63, 3.8) is 0 Å². The van der Waals surface area contributed by atoms with Crippen LogP contribution in [0, 0.1) is 6.08 Å². The Morgan fingerprint density at radius 3 is 3.08 bits per heavy atom. The molecule has 0 unspecified atom stereocenters. The lowest BCUT2D eigenvalue weighted by molar-refractivity contribution is 0.333. The van der Waals surface area contributed by atoms with E-state index >= 15 is 0 Å². The van der Waals surface area contributed by atoms with E-state index in [2.05, 4.69) is 11.8 Å². The third kappa shape index (κ3) is 2.07. The van der Waals surface area contributed by atoms with Gasteiger partial charge >= 0.3 is 0 Å². The molecular weight excluding hydrogens is 160 g/mol. The summed E-state index contributed by atoms with van der Waals surface area (Å²) < 4.78 is 5.49.